The molecule has 18 heavy (non-hydrogen) atoms. The molecule has 0 aliphatic carbocycles. The lowest BCUT2D eigenvalue weighted by molar-refractivity contribution is 0.0706. The van der Waals surface area contributed by atoms with E-state index >= 15 is 0 Å². The van der Waals surface area contributed by atoms with Gasteiger partial charge in [-0.25, -0.2) is 0 Å². The molecule has 4 heteroatoms. The first kappa shape index (κ1) is 15.7. The fourth-order valence-corrected chi connectivity index (χ4v) is 2.71. The zero-order valence-electron chi connectivity index (χ0n) is 11.0. The van der Waals surface area contributed by atoms with Crippen molar-refractivity contribution >= 4 is 37.8 Å². The first-order chi connectivity index (χ1) is 8.45. The molecule has 0 aliphatic heterocycles. The van der Waals surface area contributed by atoms with Crippen molar-refractivity contribution in [1.82, 2.24) is 4.90 Å². The molecule has 1 aromatic carbocycles. The van der Waals surface area contributed by atoms with Gasteiger partial charge in [0.1, 0.15) is 0 Å². The Bertz CT molecular complexity index is 398. The van der Waals surface area contributed by atoms with E-state index in [1.54, 1.807) is 0 Å². The Labute approximate surface area is 126 Å². The average molecular weight is 377 g/mol. The lowest BCUT2D eigenvalue weighted by Crippen LogP contribution is -2.37. The SMILES string of the molecule is Cc1cc(Br)cc(C(=O)N(CCCBr)C(C)C)c1. The molecule has 0 fully saturated rings. The maximum absolute atomic E-state index is 12.5. The van der Waals surface area contributed by atoms with Crippen LogP contribution in [0.25, 0.3) is 0 Å². The second kappa shape index (κ2) is 7.29. The topological polar surface area (TPSA) is 20.3 Å². The number of nitrogens with zero attached hydrogens (tertiary/aromatic N) is 1. The monoisotopic (exact) mass is 375 g/mol. The van der Waals surface area contributed by atoms with Gasteiger partial charge < -0.3 is 4.90 Å². The molecular weight excluding hydrogens is 358 g/mol. The molecule has 0 bridgehead atoms. The van der Waals surface area contributed by atoms with Crippen LogP contribution in [0.15, 0.2) is 22.7 Å². The third-order valence-electron chi connectivity index (χ3n) is 2.71. The van der Waals surface area contributed by atoms with Gasteiger partial charge in [-0.1, -0.05) is 31.9 Å². The number of benzene rings is 1. The summed E-state index contributed by atoms with van der Waals surface area (Å²) in [6, 6.07) is 6.06. The normalized spacial score (nSPS) is 10.8. The molecule has 0 saturated carbocycles. The summed E-state index contributed by atoms with van der Waals surface area (Å²) in [6.45, 7) is 6.89. The van der Waals surface area contributed by atoms with E-state index in [9.17, 15) is 4.79 Å². The number of hydrogen-bond acceptors (Lipinski definition) is 1. The Morgan fingerprint density at radius 1 is 1.33 bits per heavy atom. The Morgan fingerprint density at radius 2 is 2.00 bits per heavy atom. The lowest BCUT2D eigenvalue weighted by atomic mass is 10.1. The van der Waals surface area contributed by atoms with Crippen molar-refractivity contribution in [1.29, 1.82) is 0 Å². The number of aryl methyl sites for hydroxylation is 1. The van der Waals surface area contributed by atoms with Crippen LogP contribution < -0.4 is 0 Å². The number of halogens is 2. The van der Waals surface area contributed by atoms with Gasteiger partial charge in [0.25, 0.3) is 5.91 Å². The Kier molecular flexibility index (Phi) is 6.36. The molecule has 0 unspecified atom stereocenters. The van der Waals surface area contributed by atoms with Crippen molar-refractivity contribution in [2.45, 2.75) is 33.2 Å². The average Bonchev–Trinajstić information content (AvgIpc) is 2.27. The molecule has 0 saturated heterocycles. The van der Waals surface area contributed by atoms with Crippen LogP contribution in [0.1, 0.15) is 36.2 Å². The first-order valence-electron chi connectivity index (χ1n) is 6.10. The molecule has 0 heterocycles. The van der Waals surface area contributed by atoms with Gasteiger partial charge in [-0.15, -0.1) is 0 Å². The summed E-state index contributed by atoms with van der Waals surface area (Å²) >= 11 is 6.85. The van der Waals surface area contributed by atoms with Gasteiger partial charge in [0.05, 0.1) is 0 Å². The summed E-state index contributed by atoms with van der Waals surface area (Å²) in [7, 11) is 0. The van der Waals surface area contributed by atoms with Crippen molar-refractivity contribution in [3.63, 3.8) is 0 Å². The molecule has 1 amide bonds. The van der Waals surface area contributed by atoms with Gasteiger partial charge in [-0.05, 0) is 51.0 Å². The smallest absolute Gasteiger partial charge is 0.254 e. The predicted molar refractivity (Wildman–Crippen MR) is 83.5 cm³/mol. The van der Waals surface area contributed by atoms with Crippen molar-refractivity contribution in [3.05, 3.63) is 33.8 Å². The quantitative estimate of drug-likeness (QED) is 0.697. The van der Waals surface area contributed by atoms with E-state index in [0.29, 0.717) is 0 Å². The van der Waals surface area contributed by atoms with Gasteiger partial charge in [0, 0.05) is 28.0 Å². The molecule has 0 aliphatic rings. The molecule has 0 N–H and O–H groups in total. The van der Waals surface area contributed by atoms with Gasteiger partial charge >= 0.3 is 0 Å². The van der Waals surface area contributed by atoms with E-state index in [-0.39, 0.29) is 11.9 Å². The molecule has 0 spiro atoms. The number of amides is 1. The molecule has 1 aromatic rings. The minimum Gasteiger partial charge on any atom is -0.336 e. The van der Waals surface area contributed by atoms with E-state index in [1.807, 2.05) is 30.0 Å². The van der Waals surface area contributed by atoms with E-state index in [1.165, 1.54) is 0 Å². The highest BCUT2D eigenvalue weighted by Gasteiger charge is 2.18. The zero-order chi connectivity index (χ0) is 13.7. The Hall–Kier alpha value is -0.350. The van der Waals surface area contributed by atoms with Crippen molar-refractivity contribution in [3.8, 4) is 0 Å². The predicted octanol–water partition coefficient (Wildman–Crippen LogP) is 4.39. The minimum absolute atomic E-state index is 0.107. The number of carbonyl (C=O) groups excluding carboxylic acids is 1. The Morgan fingerprint density at radius 3 is 2.50 bits per heavy atom. The van der Waals surface area contributed by atoms with Crippen LogP contribution in [-0.4, -0.2) is 28.7 Å². The van der Waals surface area contributed by atoms with E-state index < -0.39 is 0 Å². The number of rotatable bonds is 5. The highest BCUT2D eigenvalue weighted by Crippen LogP contribution is 2.18. The largest absolute Gasteiger partial charge is 0.336 e. The van der Waals surface area contributed by atoms with Crippen LogP contribution in [0.2, 0.25) is 0 Å². The number of carbonyl (C=O) groups is 1. The molecule has 0 aromatic heterocycles. The maximum atomic E-state index is 12.5. The van der Waals surface area contributed by atoms with Gasteiger partial charge in [0.2, 0.25) is 0 Å². The third-order valence-corrected chi connectivity index (χ3v) is 3.72. The molecular formula is C14H19Br2NO. The molecule has 2 nitrogen and oxygen atoms in total. The van der Waals surface area contributed by atoms with E-state index in [4.69, 9.17) is 0 Å². The zero-order valence-corrected chi connectivity index (χ0v) is 14.2. The first-order valence-corrected chi connectivity index (χ1v) is 8.01. The highest BCUT2D eigenvalue weighted by molar-refractivity contribution is 9.10. The Balaban J connectivity index is 2.94. The summed E-state index contributed by atoms with van der Waals surface area (Å²) in [4.78, 5) is 14.4. The third kappa shape index (κ3) is 4.39. The van der Waals surface area contributed by atoms with Crippen molar-refractivity contribution in [2.75, 3.05) is 11.9 Å². The van der Waals surface area contributed by atoms with Crippen LogP contribution >= 0.6 is 31.9 Å². The van der Waals surface area contributed by atoms with Gasteiger partial charge in [-0.3, -0.25) is 4.79 Å². The fourth-order valence-electron chi connectivity index (χ4n) is 1.85. The summed E-state index contributed by atoms with van der Waals surface area (Å²) in [5, 5.41) is 0.918. The van der Waals surface area contributed by atoms with Crippen molar-refractivity contribution < 1.29 is 4.79 Å². The summed E-state index contributed by atoms with van der Waals surface area (Å²) < 4.78 is 0.954. The fraction of sp³-hybridized carbons (Fsp3) is 0.500. The van der Waals surface area contributed by atoms with Crippen molar-refractivity contribution in [2.24, 2.45) is 0 Å². The van der Waals surface area contributed by atoms with Gasteiger partial charge in [0.15, 0.2) is 0 Å². The molecule has 0 radical (unpaired) electrons. The minimum atomic E-state index is 0.107. The second-order valence-corrected chi connectivity index (χ2v) is 6.36. The standard InChI is InChI=1S/C14H19Br2NO/c1-10(2)17(6-4-5-15)14(18)12-7-11(3)8-13(16)9-12/h7-10H,4-6H2,1-3H3. The van der Waals surface area contributed by atoms with E-state index in [2.05, 4.69) is 45.7 Å². The second-order valence-electron chi connectivity index (χ2n) is 4.65. The van der Waals surface area contributed by atoms with Crippen LogP contribution in [0.4, 0.5) is 0 Å². The highest BCUT2D eigenvalue weighted by atomic mass is 79.9. The summed E-state index contributed by atoms with van der Waals surface area (Å²) in [6.07, 6.45) is 0.969. The van der Waals surface area contributed by atoms with Crippen LogP contribution in [0, 0.1) is 6.92 Å². The maximum Gasteiger partial charge on any atom is 0.254 e. The van der Waals surface area contributed by atoms with Crippen LogP contribution in [0.3, 0.4) is 0 Å². The molecule has 0 atom stereocenters. The van der Waals surface area contributed by atoms with Crippen LogP contribution in [-0.2, 0) is 0 Å². The lowest BCUT2D eigenvalue weighted by Gasteiger charge is -2.27. The van der Waals surface area contributed by atoms with Gasteiger partial charge in [-0.2, -0.15) is 0 Å². The van der Waals surface area contributed by atoms with E-state index in [0.717, 1.165) is 33.9 Å². The molecule has 100 valence electrons. The number of hydrogen-bond donors (Lipinski definition) is 0. The summed E-state index contributed by atoms with van der Waals surface area (Å²) in [5.74, 6) is 0.107. The number of alkyl halides is 1. The molecule has 1 rings (SSSR count). The summed E-state index contributed by atoms with van der Waals surface area (Å²) in [5.41, 5.74) is 1.85. The van der Waals surface area contributed by atoms with Crippen LogP contribution in [0.5, 0.6) is 0 Å².